The Balaban J connectivity index is 1.73. The van der Waals surface area contributed by atoms with Crippen LogP contribution in [0.1, 0.15) is 24.0 Å². The summed E-state index contributed by atoms with van der Waals surface area (Å²) in [6.45, 7) is 5.15. The zero-order valence-electron chi connectivity index (χ0n) is 15.3. The van der Waals surface area contributed by atoms with Gasteiger partial charge in [-0.25, -0.2) is 0 Å². The minimum atomic E-state index is -0.727. The minimum absolute atomic E-state index is 0.100. The van der Waals surface area contributed by atoms with Crippen molar-refractivity contribution in [1.29, 1.82) is 0 Å². The van der Waals surface area contributed by atoms with E-state index in [4.69, 9.17) is 0 Å². The number of carbonyl (C=O) groups excluding carboxylic acids is 2. The van der Waals surface area contributed by atoms with E-state index in [1.807, 2.05) is 62.4 Å². The van der Waals surface area contributed by atoms with E-state index in [2.05, 4.69) is 16.0 Å². The Bertz CT molecular complexity index is 810. The number of nitrogens with one attached hydrogen (secondary N) is 3. The van der Waals surface area contributed by atoms with Crippen molar-refractivity contribution >= 4 is 23.2 Å². The number of hydrogen-bond donors (Lipinski definition) is 3. The zero-order valence-corrected chi connectivity index (χ0v) is 15.3. The monoisotopic (exact) mass is 351 g/mol. The second kappa shape index (κ2) is 7.70. The summed E-state index contributed by atoms with van der Waals surface area (Å²) in [5.74, 6) is -0.236. The smallest absolute Gasteiger partial charge is 0.232 e. The van der Waals surface area contributed by atoms with Crippen LogP contribution in [-0.2, 0) is 9.59 Å². The van der Waals surface area contributed by atoms with Crippen LogP contribution in [0.2, 0.25) is 0 Å². The molecule has 26 heavy (non-hydrogen) atoms. The molecule has 1 unspecified atom stereocenters. The summed E-state index contributed by atoms with van der Waals surface area (Å²) in [4.78, 5) is 25.6. The van der Waals surface area contributed by atoms with Gasteiger partial charge in [-0.05, 0) is 50.1 Å². The SMILES string of the molecule is Cc1ccccc1NC(=O)CC1(C(=O)Nc2ccccc2C)CCNC1. The van der Waals surface area contributed by atoms with Crippen LogP contribution in [-0.4, -0.2) is 24.9 Å². The molecule has 0 aliphatic carbocycles. The lowest BCUT2D eigenvalue weighted by molar-refractivity contribution is -0.129. The maximum absolute atomic E-state index is 13.0. The molecular formula is C21H25N3O2. The molecule has 1 aliphatic rings. The van der Waals surface area contributed by atoms with Crippen molar-refractivity contribution in [1.82, 2.24) is 5.32 Å². The Labute approximate surface area is 154 Å². The predicted molar refractivity (Wildman–Crippen MR) is 104 cm³/mol. The van der Waals surface area contributed by atoms with Gasteiger partial charge in [0.05, 0.1) is 5.41 Å². The molecule has 136 valence electrons. The van der Waals surface area contributed by atoms with Gasteiger partial charge in [-0.15, -0.1) is 0 Å². The fraction of sp³-hybridized carbons (Fsp3) is 0.333. The molecule has 3 rings (SSSR count). The Morgan fingerprint density at radius 2 is 1.54 bits per heavy atom. The van der Waals surface area contributed by atoms with Gasteiger partial charge in [0.1, 0.15) is 0 Å². The van der Waals surface area contributed by atoms with Gasteiger partial charge in [-0.1, -0.05) is 36.4 Å². The molecule has 0 radical (unpaired) electrons. The molecule has 1 saturated heterocycles. The molecule has 5 heteroatoms. The highest BCUT2D eigenvalue weighted by Crippen LogP contribution is 2.32. The summed E-state index contributed by atoms with van der Waals surface area (Å²) in [7, 11) is 0. The molecule has 0 aromatic heterocycles. The van der Waals surface area contributed by atoms with Crippen LogP contribution in [0.3, 0.4) is 0 Å². The van der Waals surface area contributed by atoms with E-state index in [9.17, 15) is 9.59 Å². The molecule has 1 heterocycles. The standard InChI is InChI=1S/C21H25N3O2/c1-15-7-3-5-9-17(15)23-19(25)13-21(11-12-22-14-21)20(26)24-18-10-6-4-8-16(18)2/h3-10,22H,11-14H2,1-2H3,(H,23,25)(H,24,26). The first-order chi connectivity index (χ1) is 12.5. The van der Waals surface area contributed by atoms with Crippen LogP contribution < -0.4 is 16.0 Å². The van der Waals surface area contributed by atoms with Gasteiger partial charge in [0.15, 0.2) is 0 Å². The highest BCUT2D eigenvalue weighted by Gasteiger charge is 2.43. The number of benzene rings is 2. The number of amides is 2. The normalized spacial score (nSPS) is 19.2. The first kappa shape index (κ1) is 18.1. The summed E-state index contributed by atoms with van der Waals surface area (Å²) in [6.07, 6.45) is 0.804. The topological polar surface area (TPSA) is 70.2 Å². The first-order valence-electron chi connectivity index (χ1n) is 8.93. The van der Waals surface area contributed by atoms with Gasteiger partial charge < -0.3 is 16.0 Å². The minimum Gasteiger partial charge on any atom is -0.326 e. The number of carbonyl (C=O) groups is 2. The molecule has 3 N–H and O–H groups in total. The molecule has 1 atom stereocenters. The van der Waals surface area contributed by atoms with E-state index in [-0.39, 0.29) is 18.2 Å². The number of hydrogen-bond acceptors (Lipinski definition) is 3. The predicted octanol–water partition coefficient (Wildman–Crippen LogP) is 3.25. The number of anilines is 2. The van der Waals surface area contributed by atoms with Crippen molar-refractivity contribution in [2.75, 3.05) is 23.7 Å². The molecular weight excluding hydrogens is 326 g/mol. The zero-order chi connectivity index (χ0) is 18.6. The van der Waals surface area contributed by atoms with Crippen molar-refractivity contribution in [2.45, 2.75) is 26.7 Å². The number of aryl methyl sites for hydroxylation is 2. The summed E-state index contributed by atoms with van der Waals surface area (Å²) >= 11 is 0. The van der Waals surface area contributed by atoms with Crippen LogP contribution in [0.5, 0.6) is 0 Å². The van der Waals surface area contributed by atoms with Crippen molar-refractivity contribution in [3.63, 3.8) is 0 Å². The average molecular weight is 351 g/mol. The Morgan fingerprint density at radius 3 is 2.08 bits per heavy atom. The molecule has 2 aromatic rings. The second-order valence-corrected chi connectivity index (χ2v) is 7.02. The van der Waals surface area contributed by atoms with Crippen molar-refractivity contribution < 1.29 is 9.59 Å². The van der Waals surface area contributed by atoms with E-state index in [0.29, 0.717) is 13.0 Å². The first-order valence-corrected chi connectivity index (χ1v) is 8.93. The third kappa shape index (κ3) is 3.94. The molecule has 0 spiro atoms. The van der Waals surface area contributed by atoms with E-state index < -0.39 is 5.41 Å². The van der Waals surface area contributed by atoms with E-state index in [0.717, 1.165) is 29.0 Å². The third-order valence-corrected chi connectivity index (χ3v) is 5.04. The van der Waals surface area contributed by atoms with Crippen LogP contribution in [0.4, 0.5) is 11.4 Å². The lowest BCUT2D eigenvalue weighted by Gasteiger charge is -2.27. The van der Waals surface area contributed by atoms with Gasteiger partial charge in [0.2, 0.25) is 11.8 Å². The van der Waals surface area contributed by atoms with Gasteiger partial charge in [0.25, 0.3) is 0 Å². The molecule has 0 bridgehead atoms. The Hall–Kier alpha value is -2.66. The number of rotatable bonds is 5. The maximum atomic E-state index is 13.0. The fourth-order valence-corrected chi connectivity index (χ4v) is 3.35. The van der Waals surface area contributed by atoms with Gasteiger partial charge >= 0.3 is 0 Å². The van der Waals surface area contributed by atoms with Crippen LogP contribution in [0, 0.1) is 19.3 Å². The van der Waals surface area contributed by atoms with Crippen molar-refractivity contribution in [2.24, 2.45) is 5.41 Å². The quantitative estimate of drug-likeness (QED) is 0.774. The van der Waals surface area contributed by atoms with Crippen LogP contribution in [0.15, 0.2) is 48.5 Å². The summed E-state index contributed by atoms with van der Waals surface area (Å²) < 4.78 is 0. The van der Waals surface area contributed by atoms with Gasteiger partial charge in [0, 0.05) is 24.3 Å². The average Bonchev–Trinajstić information content (AvgIpc) is 3.08. The molecule has 1 fully saturated rings. The third-order valence-electron chi connectivity index (χ3n) is 5.04. The fourth-order valence-electron chi connectivity index (χ4n) is 3.35. The molecule has 2 aromatic carbocycles. The molecule has 1 aliphatic heterocycles. The molecule has 0 saturated carbocycles. The summed E-state index contributed by atoms with van der Waals surface area (Å²) in [6, 6.07) is 15.3. The van der Waals surface area contributed by atoms with Crippen molar-refractivity contribution in [3.8, 4) is 0 Å². The second-order valence-electron chi connectivity index (χ2n) is 7.02. The van der Waals surface area contributed by atoms with Gasteiger partial charge in [-0.3, -0.25) is 9.59 Å². The van der Waals surface area contributed by atoms with Gasteiger partial charge in [-0.2, -0.15) is 0 Å². The van der Waals surface area contributed by atoms with Crippen molar-refractivity contribution in [3.05, 3.63) is 59.7 Å². The molecule has 5 nitrogen and oxygen atoms in total. The Kier molecular flexibility index (Phi) is 5.38. The number of para-hydroxylation sites is 2. The highest BCUT2D eigenvalue weighted by atomic mass is 16.2. The largest absolute Gasteiger partial charge is 0.326 e. The lowest BCUT2D eigenvalue weighted by atomic mass is 9.82. The lowest BCUT2D eigenvalue weighted by Crippen LogP contribution is -2.41. The van der Waals surface area contributed by atoms with Crippen LogP contribution in [0.25, 0.3) is 0 Å². The Morgan fingerprint density at radius 1 is 0.962 bits per heavy atom. The van der Waals surface area contributed by atoms with Crippen LogP contribution >= 0.6 is 0 Å². The summed E-state index contributed by atoms with van der Waals surface area (Å²) in [5, 5.41) is 9.19. The summed E-state index contributed by atoms with van der Waals surface area (Å²) in [5.41, 5.74) is 2.87. The highest BCUT2D eigenvalue weighted by molar-refractivity contribution is 6.01. The van der Waals surface area contributed by atoms with E-state index >= 15 is 0 Å². The van der Waals surface area contributed by atoms with E-state index in [1.165, 1.54) is 0 Å². The van der Waals surface area contributed by atoms with E-state index in [1.54, 1.807) is 0 Å². The maximum Gasteiger partial charge on any atom is 0.232 e. The molecule has 2 amide bonds.